The van der Waals surface area contributed by atoms with Gasteiger partial charge < -0.3 is 4.74 Å². The highest BCUT2D eigenvalue weighted by atomic mass is 32.2. The number of nitrogens with zero attached hydrogens (tertiary/aromatic N) is 1. The van der Waals surface area contributed by atoms with Gasteiger partial charge in [-0.05, 0) is 36.4 Å². The molecule has 1 aliphatic rings. The van der Waals surface area contributed by atoms with Crippen LogP contribution in [0.5, 0.6) is 0 Å². The Labute approximate surface area is 154 Å². The van der Waals surface area contributed by atoms with Crippen molar-refractivity contribution < 1.29 is 9.53 Å². The lowest BCUT2D eigenvalue weighted by Gasteiger charge is -2.17. The zero-order chi connectivity index (χ0) is 17.6. The van der Waals surface area contributed by atoms with E-state index in [1.165, 1.54) is 16.0 Å². The second-order valence-electron chi connectivity index (χ2n) is 6.42. The van der Waals surface area contributed by atoms with E-state index in [0.29, 0.717) is 6.61 Å². The number of benzene rings is 2. The maximum atomic E-state index is 12.5. The molecule has 0 aromatic heterocycles. The smallest absolute Gasteiger partial charge is 0.310 e. The van der Waals surface area contributed by atoms with Crippen LogP contribution in [0.15, 0.2) is 59.5 Å². The van der Waals surface area contributed by atoms with Gasteiger partial charge in [-0.3, -0.25) is 9.69 Å². The van der Waals surface area contributed by atoms with E-state index in [9.17, 15) is 4.79 Å². The maximum Gasteiger partial charge on any atom is 0.310 e. The van der Waals surface area contributed by atoms with Gasteiger partial charge in [-0.2, -0.15) is 0 Å². The van der Waals surface area contributed by atoms with Crippen molar-refractivity contribution in [1.82, 2.24) is 4.90 Å². The van der Waals surface area contributed by atoms with Gasteiger partial charge in [-0.15, -0.1) is 11.8 Å². The monoisotopic (exact) mass is 355 g/mol. The van der Waals surface area contributed by atoms with Crippen molar-refractivity contribution in [3.05, 3.63) is 65.7 Å². The van der Waals surface area contributed by atoms with E-state index >= 15 is 0 Å². The Balaban J connectivity index is 1.78. The van der Waals surface area contributed by atoms with Crippen molar-refractivity contribution in [1.29, 1.82) is 0 Å². The zero-order valence-electron chi connectivity index (χ0n) is 14.9. The number of carbonyl (C=O) groups excluding carboxylic acids is 1. The number of esters is 1. The lowest BCUT2D eigenvalue weighted by atomic mass is 9.89. The van der Waals surface area contributed by atoms with Crippen LogP contribution < -0.4 is 0 Å². The standard InChI is InChI=1S/C21H25NO2S/c1-3-24-21(23)20-15-22(13-16-7-5-4-6-8-16)14-19(20)17-9-11-18(25-2)12-10-17/h4-12,19-20H,3,13-15H2,1-2H3. The number of ether oxygens (including phenoxy) is 1. The molecule has 2 aromatic carbocycles. The Hall–Kier alpha value is -1.78. The molecule has 0 spiro atoms. The first kappa shape index (κ1) is 18.0. The highest BCUT2D eigenvalue weighted by Crippen LogP contribution is 2.35. The summed E-state index contributed by atoms with van der Waals surface area (Å²) < 4.78 is 5.35. The van der Waals surface area contributed by atoms with Gasteiger partial charge in [-0.25, -0.2) is 0 Å². The Morgan fingerprint density at radius 1 is 1.12 bits per heavy atom. The number of thioether (sulfide) groups is 1. The third-order valence-electron chi connectivity index (χ3n) is 4.78. The normalized spacial score (nSPS) is 20.6. The first-order valence-electron chi connectivity index (χ1n) is 8.78. The van der Waals surface area contributed by atoms with Crippen LogP contribution >= 0.6 is 11.8 Å². The molecule has 132 valence electrons. The van der Waals surface area contributed by atoms with E-state index in [1.807, 2.05) is 13.0 Å². The molecule has 1 saturated heterocycles. The summed E-state index contributed by atoms with van der Waals surface area (Å²) in [5, 5.41) is 0. The van der Waals surface area contributed by atoms with Crippen molar-refractivity contribution in [2.45, 2.75) is 24.3 Å². The number of likely N-dealkylation sites (tertiary alicyclic amines) is 1. The zero-order valence-corrected chi connectivity index (χ0v) is 15.7. The topological polar surface area (TPSA) is 29.5 Å². The third kappa shape index (κ3) is 4.44. The van der Waals surface area contributed by atoms with E-state index in [2.05, 4.69) is 59.7 Å². The van der Waals surface area contributed by atoms with Crippen LogP contribution in [0.4, 0.5) is 0 Å². The average molecular weight is 356 g/mol. The van der Waals surface area contributed by atoms with Gasteiger partial charge in [0.15, 0.2) is 0 Å². The summed E-state index contributed by atoms with van der Waals surface area (Å²) in [5.74, 6) is 0.0273. The fraction of sp³-hybridized carbons (Fsp3) is 0.381. The molecule has 25 heavy (non-hydrogen) atoms. The third-order valence-corrected chi connectivity index (χ3v) is 5.52. The predicted molar refractivity (Wildman–Crippen MR) is 103 cm³/mol. The van der Waals surface area contributed by atoms with Gasteiger partial charge in [0.25, 0.3) is 0 Å². The van der Waals surface area contributed by atoms with E-state index < -0.39 is 0 Å². The molecule has 4 heteroatoms. The van der Waals surface area contributed by atoms with E-state index in [-0.39, 0.29) is 17.8 Å². The average Bonchev–Trinajstić information content (AvgIpc) is 3.07. The van der Waals surface area contributed by atoms with Gasteiger partial charge >= 0.3 is 5.97 Å². The molecule has 0 saturated carbocycles. The first-order chi connectivity index (χ1) is 12.2. The Morgan fingerprint density at radius 2 is 1.84 bits per heavy atom. The second kappa shape index (κ2) is 8.54. The number of rotatable bonds is 6. The summed E-state index contributed by atoms with van der Waals surface area (Å²) in [5.41, 5.74) is 2.51. The first-order valence-corrected chi connectivity index (χ1v) is 10.0. The molecule has 0 amide bonds. The molecule has 0 radical (unpaired) electrons. The van der Waals surface area contributed by atoms with Crippen LogP contribution in [0, 0.1) is 5.92 Å². The summed E-state index contributed by atoms with van der Waals surface area (Å²) >= 11 is 1.74. The highest BCUT2D eigenvalue weighted by Gasteiger charge is 2.39. The SMILES string of the molecule is CCOC(=O)C1CN(Cc2ccccc2)CC1c1ccc(SC)cc1. The Morgan fingerprint density at radius 3 is 2.48 bits per heavy atom. The molecule has 3 rings (SSSR count). The second-order valence-corrected chi connectivity index (χ2v) is 7.30. The minimum Gasteiger partial charge on any atom is -0.466 e. The minimum absolute atomic E-state index is 0.0722. The molecule has 1 heterocycles. The van der Waals surface area contributed by atoms with Crippen molar-refractivity contribution >= 4 is 17.7 Å². The lowest BCUT2D eigenvalue weighted by Crippen LogP contribution is -2.25. The Kier molecular flexibility index (Phi) is 6.16. The van der Waals surface area contributed by atoms with Gasteiger partial charge in [0.05, 0.1) is 12.5 Å². The predicted octanol–water partition coefficient (Wildman–Crippen LogP) is 4.19. The largest absolute Gasteiger partial charge is 0.466 e. The summed E-state index contributed by atoms with van der Waals surface area (Å²) in [6.07, 6.45) is 2.08. The molecular weight excluding hydrogens is 330 g/mol. The molecule has 1 aliphatic heterocycles. The minimum atomic E-state index is -0.0937. The number of hydrogen-bond acceptors (Lipinski definition) is 4. The van der Waals surface area contributed by atoms with Gasteiger partial charge in [0, 0.05) is 30.4 Å². The van der Waals surface area contributed by atoms with Crippen LogP contribution in [0.1, 0.15) is 24.0 Å². The molecule has 2 aromatic rings. The summed E-state index contributed by atoms with van der Waals surface area (Å²) in [4.78, 5) is 16.1. The Bertz CT molecular complexity index is 687. The lowest BCUT2D eigenvalue weighted by molar-refractivity contribution is -0.148. The van der Waals surface area contributed by atoms with Gasteiger partial charge in [0.2, 0.25) is 0 Å². The van der Waals surface area contributed by atoms with E-state index in [4.69, 9.17) is 4.74 Å². The molecule has 2 atom stereocenters. The van der Waals surface area contributed by atoms with Crippen molar-refractivity contribution in [2.24, 2.45) is 5.92 Å². The van der Waals surface area contributed by atoms with Crippen molar-refractivity contribution in [3.63, 3.8) is 0 Å². The molecule has 0 bridgehead atoms. The van der Waals surface area contributed by atoms with Crippen LogP contribution in [-0.4, -0.2) is 36.8 Å². The van der Waals surface area contributed by atoms with Crippen LogP contribution in [0.2, 0.25) is 0 Å². The summed E-state index contributed by atoms with van der Waals surface area (Å²) in [6, 6.07) is 19.0. The molecule has 0 N–H and O–H groups in total. The van der Waals surface area contributed by atoms with Crippen molar-refractivity contribution in [3.8, 4) is 0 Å². The van der Waals surface area contributed by atoms with Gasteiger partial charge in [-0.1, -0.05) is 42.5 Å². The molecular formula is C21H25NO2S. The van der Waals surface area contributed by atoms with Crippen LogP contribution in [0.3, 0.4) is 0 Å². The summed E-state index contributed by atoms with van der Waals surface area (Å²) in [6.45, 7) is 4.82. The maximum absolute atomic E-state index is 12.5. The number of hydrogen-bond donors (Lipinski definition) is 0. The number of carbonyl (C=O) groups is 1. The van der Waals surface area contributed by atoms with E-state index in [1.54, 1.807) is 11.8 Å². The summed E-state index contributed by atoms with van der Waals surface area (Å²) in [7, 11) is 0. The quantitative estimate of drug-likeness (QED) is 0.574. The highest BCUT2D eigenvalue weighted by molar-refractivity contribution is 7.98. The molecule has 2 unspecified atom stereocenters. The van der Waals surface area contributed by atoms with Gasteiger partial charge in [0.1, 0.15) is 0 Å². The van der Waals surface area contributed by atoms with Crippen molar-refractivity contribution in [2.75, 3.05) is 26.0 Å². The van der Waals surface area contributed by atoms with Crippen LogP contribution in [-0.2, 0) is 16.1 Å². The molecule has 1 fully saturated rings. The fourth-order valence-electron chi connectivity index (χ4n) is 3.53. The van der Waals surface area contributed by atoms with Crippen LogP contribution in [0.25, 0.3) is 0 Å². The fourth-order valence-corrected chi connectivity index (χ4v) is 3.94. The molecule has 0 aliphatic carbocycles. The van der Waals surface area contributed by atoms with E-state index in [0.717, 1.165) is 19.6 Å². The molecule has 3 nitrogen and oxygen atoms in total.